The van der Waals surface area contributed by atoms with Crippen molar-refractivity contribution in [1.29, 1.82) is 0 Å². The number of aliphatic hydroxyl groups is 3. The van der Waals surface area contributed by atoms with Gasteiger partial charge >= 0.3 is 6.18 Å². The van der Waals surface area contributed by atoms with E-state index in [1.54, 1.807) is 6.92 Å². The highest BCUT2D eigenvalue weighted by Crippen LogP contribution is 2.42. The zero-order valence-electron chi connectivity index (χ0n) is 22.7. The van der Waals surface area contributed by atoms with E-state index in [-0.39, 0.29) is 28.3 Å². The Hall–Kier alpha value is -3.54. The molecule has 4 heterocycles. The molecule has 0 unspecified atom stereocenters. The number of aromatic nitrogens is 6. The molecule has 1 aliphatic rings. The summed E-state index contributed by atoms with van der Waals surface area (Å²) < 4.78 is 79.9. The minimum absolute atomic E-state index is 0.0503. The van der Waals surface area contributed by atoms with Gasteiger partial charge in [-0.05, 0) is 38.1 Å². The van der Waals surface area contributed by atoms with Crippen LogP contribution in [0.1, 0.15) is 34.4 Å². The number of hydrogen-bond donors (Lipinski definition) is 3. The number of aliphatic hydroxyl groups excluding tert-OH is 3. The lowest BCUT2D eigenvalue weighted by molar-refractivity contribution is -0.210. The molecule has 1 aliphatic heterocycles. The van der Waals surface area contributed by atoms with Crippen molar-refractivity contribution in [2.45, 2.75) is 50.5 Å². The summed E-state index contributed by atoms with van der Waals surface area (Å²) in [6.07, 6.45) is -8.62. The number of benzene rings is 2. The first-order chi connectivity index (χ1) is 20.8. The first-order valence-corrected chi connectivity index (χ1v) is 14.2. The highest BCUT2D eigenvalue weighted by Gasteiger charge is 2.48. The molecule has 5 atom stereocenters. The van der Waals surface area contributed by atoms with Crippen molar-refractivity contribution in [3.8, 4) is 16.8 Å². The number of rotatable bonds is 5. The molecule has 44 heavy (non-hydrogen) atoms. The van der Waals surface area contributed by atoms with Gasteiger partial charge in [0.2, 0.25) is 0 Å². The monoisotopic (exact) mass is 656 g/mol. The molecule has 232 valence electrons. The van der Waals surface area contributed by atoms with Crippen molar-refractivity contribution in [2.24, 2.45) is 0 Å². The number of nitrogens with zero attached hydrogens (tertiary/aromatic N) is 6. The molecule has 1 saturated heterocycles. The fourth-order valence-corrected chi connectivity index (χ4v) is 6.28. The van der Waals surface area contributed by atoms with E-state index in [4.69, 9.17) is 16.3 Å². The van der Waals surface area contributed by atoms with E-state index < -0.39 is 71.1 Å². The van der Waals surface area contributed by atoms with Gasteiger partial charge in [-0.25, -0.2) is 23.4 Å². The number of ether oxygens (including phenoxy) is 1. The van der Waals surface area contributed by atoms with E-state index >= 15 is 0 Å². The first-order valence-electron chi connectivity index (χ1n) is 13.0. The van der Waals surface area contributed by atoms with Gasteiger partial charge in [0.1, 0.15) is 36.3 Å². The molecule has 0 bridgehead atoms. The average molecular weight is 657 g/mol. The molecular formula is C27H22ClF5N6O4S. The second kappa shape index (κ2) is 11.1. The largest absolute Gasteiger partial charge is 0.418 e. The van der Waals surface area contributed by atoms with Crippen LogP contribution in [-0.4, -0.2) is 69.8 Å². The van der Waals surface area contributed by atoms with Gasteiger partial charge in [0, 0.05) is 17.3 Å². The molecule has 0 radical (unpaired) electrons. The average Bonchev–Trinajstić information content (AvgIpc) is 3.68. The van der Waals surface area contributed by atoms with Crippen LogP contribution >= 0.6 is 22.9 Å². The molecule has 10 nitrogen and oxygen atoms in total. The summed E-state index contributed by atoms with van der Waals surface area (Å²) in [5, 5.41) is 41.0. The van der Waals surface area contributed by atoms with Crippen LogP contribution in [0, 0.1) is 25.5 Å². The molecule has 0 amide bonds. The lowest BCUT2D eigenvalue weighted by atomic mass is 9.92. The maximum atomic E-state index is 14.6. The molecule has 5 aromatic rings. The van der Waals surface area contributed by atoms with Gasteiger partial charge in [-0.3, -0.25) is 4.68 Å². The SMILES string of the molecule is Cc1nc([C@@H]2O[C@H](CO)[C@H](O)[C@H](n3cc(-c4ccc(Cl)c(F)c4F)cn3)[C@H]2O)n(-c2cc3sc(C)nc3cc2C(F)(F)F)n1. The highest BCUT2D eigenvalue weighted by molar-refractivity contribution is 7.18. The normalized spacial score (nSPS) is 22.7. The lowest BCUT2D eigenvalue weighted by Crippen LogP contribution is -2.53. The van der Waals surface area contributed by atoms with Crippen molar-refractivity contribution in [3.05, 3.63) is 75.5 Å². The van der Waals surface area contributed by atoms with Gasteiger partial charge in [-0.2, -0.15) is 23.4 Å². The van der Waals surface area contributed by atoms with Crippen LogP contribution in [0.15, 0.2) is 36.7 Å². The third-order valence-electron chi connectivity index (χ3n) is 7.28. The summed E-state index contributed by atoms with van der Waals surface area (Å²) in [5.41, 5.74) is -1.44. The Labute approximate surface area is 253 Å². The van der Waals surface area contributed by atoms with Crippen LogP contribution in [0.3, 0.4) is 0 Å². The van der Waals surface area contributed by atoms with Gasteiger partial charge < -0.3 is 20.1 Å². The van der Waals surface area contributed by atoms with Crippen molar-refractivity contribution in [2.75, 3.05) is 6.61 Å². The van der Waals surface area contributed by atoms with Gasteiger partial charge in [0.25, 0.3) is 0 Å². The van der Waals surface area contributed by atoms with E-state index in [0.29, 0.717) is 9.71 Å². The van der Waals surface area contributed by atoms with E-state index in [9.17, 15) is 37.3 Å². The number of halogens is 6. The summed E-state index contributed by atoms with van der Waals surface area (Å²) in [4.78, 5) is 8.42. The number of fused-ring (bicyclic) bond motifs is 1. The van der Waals surface area contributed by atoms with Crippen LogP contribution in [0.2, 0.25) is 5.02 Å². The summed E-state index contributed by atoms with van der Waals surface area (Å²) in [5.74, 6) is -2.71. The topological polar surface area (TPSA) is 131 Å². The Balaban J connectivity index is 1.45. The Morgan fingerprint density at radius 3 is 2.52 bits per heavy atom. The molecule has 0 saturated carbocycles. The number of thiazole rings is 1. The molecule has 0 spiro atoms. The minimum Gasteiger partial charge on any atom is -0.394 e. The summed E-state index contributed by atoms with van der Waals surface area (Å²) in [6, 6.07) is 3.17. The summed E-state index contributed by atoms with van der Waals surface area (Å²) in [6.45, 7) is 2.35. The minimum atomic E-state index is -4.82. The fourth-order valence-electron chi connectivity index (χ4n) is 5.29. The van der Waals surface area contributed by atoms with E-state index in [2.05, 4.69) is 20.2 Å². The predicted molar refractivity (Wildman–Crippen MR) is 147 cm³/mol. The number of hydrogen-bond acceptors (Lipinski definition) is 9. The maximum Gasteiger partial charge on any atom is 0.418 e. The van der Waals surface area contributed by atoms with Crippen LogP contribution in [0.25, 0.3) is 27.0 Å². The Kier molecular flexibility index (Phi) is 7.70. The Morgan fingerprint density at radius 2 is 1.82 bits per heavy atom. The van der Waals surface area contributed by atoms with Crippen LogP contribution < -0.4 is 0 Å². The fraction of sp³-hybridized carbons (Fsp3) is 0.333. The third-order valence-corrected chi connectivity index (χ3v) is 8.51. The molecule has 17 heteroatoms. The van der Waals surface area contributed by atoms with Crippen molar-refractivity contribution >= 4 is 33.2 Å². The standard InChI is InChI=1S/C27H22ClF5N6O4S/c1-10-35-26(39(37-10)17-6-19-16(36-11(2)44-19)5-14(17)27(31,32)33)25-24(42)22(23(41)18(9-40)43-25)38-8-12(7-34-38)13-3-4-15(28)21(30)20(13)29/h3-8,18,22-25,40-42H,9H2,1-2H3/t18-,22+,23+,24-,25-/m1/s1. The van der Waals surface area contributed by atoms with Crippen molar-refractivity contribution in [1.82, 2.24) is 29.5 Å². The zero-order chi connectivity index (χ0) is 31.7. The second-order valence-corrected chi connectivity index (χ2v) is 11.8. The molecule has 3 aromatic heterocycles. The Morgan fingerprint density at radius 1 is 1.07 bits per heavy atom. The number of alkyl halides is 3. The van der Waals surface area contributed by atoms with E-state index in [1.807, 2.05) is 0 Å². The van der Waals surface area contributed by atoms with Crippen LogP contribution in [0.4, 0.5) is 22.0 Å². The molecule has 0 aliphatic carbocycles. The van der Waals surface area contributed by atoms with Gasteiger partial charge in [0.15, 0.2) is 17.5 Å². The maximum absolute atomic E-state index is 14.6. The highest BCUT2D eigenvalue weighted by atomic mass is 35.5. The van der Waals surface area contributed by atoms with Gasteiger partial charge in [0.05, 0.1) is 44.3 Å². The second-order valence-electron chi connectivity index (χ2n) is 10.2. The van der Waals surface area contributed by atoms with Crippen LogP contribution in [-0.2, 0) is 10.9 Å². The van der Waals surface area contributed by atoms with Gasteiger partial charge in [-0.1, -0.05) is 11.6 Å². The lowest BCUT2D eigenvalue weighted by Gasteiger charge is -2.42. The molecule has 1 fully saturated rings. The van der Waals surface area contributed by atoms with Crippen molar-refractivity contribution < 1.29 is 42.0 Å². The predicted octanol–water partition coefficient (Wildman–Crippen LogP) is 4.70. The zero-order valence-corrected chi connectivity index (χ0v) is 24.2. The molecular weight excluding hydrogens is 635 g/mol. The summed E-state index contributed by atoms with van der Waals surface area (Å²) in [7, 11) is 0. The number of aryl methyl sites for hydroxylation is 2. The third kappa shape index (κ3) is 5.14. The van der Waals surface area contributed by atoms with E-state index in [0.717, 1.165) is 27.7 Å². The Bertz CT molecular complexity index is 1880. The molecule has 3 N–H and O–H groups in total. The first kappa shape index (κ1) is 30.5. The smallest absolute Gasteiger partial charge is 0.394 e. The van der Waals surface area contributed by atoms with E-state index in [1.165, 1.54) is 36.6 Å². The molecule has 2 aromatic carbocycles. The quantitative estimate of drug-likeness (QED) is 0.183. The van der Waals surface area contributed by atoms with Gasteiger partial charge in [-0.15, -0.1) is 11.3 Å². The van der Waals surface area contributed by atoms with Crippen molar-refractivity contribution in [3.63, 3.8) is 0 Å². The summed E-state index contributed by atoms with van der Waals surface area (Å²) >= 11 is 6.83. The molecule has 6 rings (SSSR count). The van der Waals surface area contributed by atoms with Crippen LogP contribution in [0.5, 0.6) is 0 Å².